The van der Waals surface area contributed by atoms with E-state index in [9.17, 15) is 0 Å². The lowest BCUT2D eigenvalue weighted by molar-refractivity contribution is 0.313. The fraction of sp³-hybridized carbons (Fsp3) is 0.462. The maximum atomic E-state index is 5.66. The molecule has 2 aromatic rings. The van der Waals surface area contributed by atoms with Gasteiger partial charge in [0, 0.05) is 12.0 Å². The minimum atomic E-state index is 0.295. The molecule has 1 aromatic carbocycles. The van der Waals surface area contributed by atoms with Crippen LogP contribution in [0.2, 0.25) is 0 Å². The molecule has 17 heavy (non-hydrogen) atoms. The molecule has 0 saturated heterocycles. The molecule has 0 aliphatic carbocycles. The van der Waals surface area contributed by atoms with Crippen LogP contribution in [0.1, 0.15) is 32.1 Å². The van der Waals surface area contributed by atoms with Gasteiger partial charge in [-0.15, -0.1) is 0 Å². The third kappa shape index (κ3) is 2.77. The summed E-state index contributed by atoms with van der Waals surface area (Å²) in [5.41, 5.74) is 7.06. The summed E-state index contributed by atoms with van der Waals surface area (Å²) >= 11 is 0. The highest BCUT2D eigenvalue weighted by molar-refractivity contribution is 5.74. The molecular weight excluding hydrogens is 216 g/mol. The van der Waals surface area contributed by atoms with E-state index in [-0.39, 0.29) is 0 Å². The number of aromatic nitrogens is 1. The molecule has 0 saturated carbocycles. The average Bonchev–Trinajstić information content (AvgIpc) is 2.72. The summed E-state index contributed by atoms with van der Waals surface area (Å²) in [7, 11) is 0. The van der Waals surface area contributed by atoms with Crippen LogP contribution in [0.4, 0.5) is 0 Å². The fourth-order valence-corrected chi connectivity index (χ4v) is 1.53. The Morgan fingerprint density at radius 3 is 2.94 bits per heavy atom. The number of hydrogen-bond donors (Lipinski definition) is 1. The van der Waals surface area contributed by atoms with Crippen LogP contribution in [0.5, 0.6) is 5.75 Å². The molecule has 4 nitrogen and oxygen atoms in total. The van der Waals surface area contributed by atoms with Gasteiger partial charge < -0.3 is 14.9 Å². The predicted octanol–water partition coefficient (Wildman–Crippen LogP) is 2.68. The molecular formula is C13H18N2O2. The first-order chi connectivity index (χ1) is 8.20. The van der Waals surface area contributed by atoms with Crippen LogP contribution in [0.25, 0.3) is 11.1 Å². The Labute approximate surface area is 101 Å². The van der Waals surface area contributed by atoms with Crippen LogP contribution in [0, 0.1) is 0 Å². The first kappa shape index (κ1) is 11.9. The van der Waals surface area contributed by atoms with Gasteiger partial charge in [-0.25, -0.2) is 4.98 Å². The van der Waals surface area contributed by atoms with E-state index in [4.69, 9.17) is 14.9 Å². The summed E-state index contributed by atoms with van der Waals surface area (Å²) < 4.78 is 11.2. The lowest BCUT2D eigenvalue weighted by atomic mass is 10.2. The van der Waals surface area contributed by atoms with E-state index in [2.05, 4.69) is 18.8 Å². The zero-order valence-corrected chi connectivity index (χ0v) is 10.3. The Balaban J connectivity index is 2.18. The molecule has 0 unspecified atom stereocenters. The van der Waals surface area contributed by atoms with E-state index in [0.29, 0.717) is 19.1 Å². The number of rotatable bonds is 5. The maximum absolute atomic E-state index is 5.66. The first-order valence-electron chi connectivity index (χ1n) is 5.94. The van der Waals surface area contributed by atoms with Crippen molar-refractivity contribution in [2.45, 2.75) is 26.2 Å². The first-order valence-corrected chi connectivity index (χ1v) is 5.94. The van der Waals surface area contributed by atoms with Crippen molar-refractivity contribution in [3.05, 3.63) is 24.1 Å². The summed E-state index contributed by atoms with van der Waals surface area (Å²) in [6, 6.07) is 5.71. The van der Waals surface area contributed by atoms with E-state index in [0.717, 1.165) is 29.2 Å². The average molecular weight is 234 g/mol. The highest BCUT2D eigenvalue weighted by Gasteiger charge is 2.09. The zero-order chi connectivity index (χ0) is 12.3. The molecule has 4 heteroatoms. The molecule has 2 N–H and O–H groups in total. The topological polar surface area (TPSA) is 61.3 Å². The van der Waals surface area contributed by atoms with E-state index in [1.807, 2.05) is 18.2 Å². The Bertz CT molecular complexity index is 491. The van der Waals surface area contributed by atoms with Crippen molar-refractivity contribution < 1.29 is 9.15 Å². The monoisotopic (exact) mass is 234 g/mol. The Morgan fingerprint density at radius 2 is 2.24 bits per heavy atom. The van der Waals surface area contributed by atoms with Crippen LogP contribution in [-0.4, -0.2) is 18.1 Å². The fourth-order valence-electron chi connectivity index (χ4n) is 1.53. The van der Waals surface area contributed by atoms with Crippen LogP contribution >= 0.6 is 0 Å². The van der Waals surface area contributed by atoms with Crippen LogP contribution in [-0.2, 0) is 0 Å². The van der Waals surface area contributed by atoms with Crippen LogP contribution in [0.3, 0.4) is 0 Å². The van der Waals surface area contributed by atoms with Crippen molar-refractivity contribution in [1.29, 1.82) is 0 Å². The standard InChI is InChI=1S/C13H18N2O2/c1-9(2)13-15-11-5-4-10(8-12(11)17-13)16-7-3-6-14/h4-5,8-9H,3,6-7,14H2,1-2H3. The number of ether oxygens (including phenoxy) is 1. The highest BCUT2D eigenvalue weighted by atomic mass is 16.5. The Hall–Kier alpha value is -1.55. The third-order valence-corrected chi connectivity index (χ3v) is 2.49. The summed E-state index contributed by atoms with van der Waals surface area (Å²) in [6.45, 7) is 5.39. The second-order valence-corrected chi connectivity index (χ2v) is 4.33. The summed E-state index contributed by atoms with van der Waals surface area (Å²) in [5.74, 6) is 1.86. The van der Waals surface area contributed by atoms with E-state index < -0.39 is 0 Å². The number of fused-ring (bicyclic) bond motifs is 1. The van der Waals surface area contributed by atoms with Crippen molar-refractivity contribution >= 4 is 11.1 Å². The number of hydrogen-bond acceptors (Lipinski definition) is 4. The number of nitrogens with two attached hydrogens (primary N) is 1. The maximum Gasteiger partial charge on any atom is 0.198 e. The zero-order valence-electron chi connectivity index (χ0n) is 10.3. The van der Waals surface area contributed by atoms with Crippen LogP contribution < -0.4 is 10.5 Å². The van der Waals surface area contributed by atoms with Gasteiger partial charge in [-0.1, -0.05) is 13.8 Å². The molecule has 0 amide bonds. The second-order valence-electron chi connectivity index (χ2n) is 4.33. The van der Waals surface area contributed by atoms with Gasteiger partial charge in [0.25, 0.3) is 0 Å². The van der Waals surface area contributed by atoms with Crippen molar-refractivity contribution in [2.75, 3.05) is 13.2 Å². The van der Waals surface area contributed by atoms with Crippen molar-refractivity contribution in [3.8, 4) is 5.75 Å². The second kappa shape index (κ2) is 5.19. The van der Waals surface area contributed by atoms with Gasteiger partial charge in [0.2, 0.25) is 0 Å². The predicted molar refractivity (Wildman–Crippen MR) is 67.3 cm³/mol. The molecule has 0 atom stereocenters. The van der Waals surface area contributed by atoms with Gasteiger partial charge in [0.15, 0.2) is 11.5 Å². The molecule has 0 bridgehead atoms. The Morgan fingerprint density at radius 1 is 1.41 bits per heavy atom. The van der Waals surface area contributed by atoms with E-state index >= 15 is 0 Å². The van der Waals surface area contributed by atoms with Gasteiger partial charge in [-0.05, 0) is 25.1 Å². The molecule has 0 spiro atoms. The third-order valence-electron chi connectivity index (χ3n) is 2.49. The quantitative estimate of drug-likeness (QED) is 0.808. The Kier molecular flexibility index (Phi) is 3.64. The summed E-state index contributed by atoms with van der Waals surface area (Å²) in [4.78, 5) is 4.41. The van der Waals surface area contributed by atoms with E-state index in [1.165, 1.54) is 0 Å². The van der Waals surface area contributed by atoms with Gasteiger partial charge >= 0.3 is 0 Å². The van der Waals surface area contributed by atoms with Crippen LogP contribution in [0.15, 0.2) is 22.6 Å². The van der Waals surface area contributed by atoms with Gasteiger partial charge in [0.1, 0.15) is 11.3 Å². The molecule has 0 aliphatic heterocycles. The van der Waals surface area contributed by atoms with Crippen molar-refractivity contribution in [1.82, 2.24) is 4.98 Å². The summed E-state index contributed by atoms with van der Waals surface area (Å²) in [5, 5.41) is 0. The largest absolute Gasteiger partial charge is 0.493 e. The number of nitrogens with zero attached hydrogens (tertiary/aromatic N) is 1. The van der Waals surface area contributed by atoms with Crippen molar-refractivity contribution in [3.63, 3.8) is 0 Å². The molecule has 2 rings (SSSR count). The normalized spacial score (nSPS) is 11.3. The number of benzene rings is 1. The van der Waals surface area contributed by atoms with Crippen molar-refractivity contribution in [2.24, 2.45) is 5.73 Å². The minimum absolute atomic E-state index is 0.295. The minimum Gasteiger partial charge on any atom is -0.493 e. The molecule has 0 fully saturated rings. The smallest absolute Gasteiger partial charge is 0.198 e. The molecule has 1 aromatic heterocycles. The van der Waals surface area contributed by atoms with Gasteiger partial charge in [-0.2, -0.15) is 0 Å². The number of oxazole rings is 1. The van der Waals surface area contributed by atoms with Gasteiger partial charge in [0.05, 0.1) is 6.61 Å². The lowest BCUT2D eigenvalue weighted by Gasteiger charge is -2.03. The molecule has 0 aliphatic rings. The highest BCUT2D eigenvalue weighted by Crippen LogP contribution is 2.24. The molecule has 1 heterocycles. The SMILES string of the molecule is CC(C)c1nc2ccc(OCCCN)cc2o1. The molecule has 92 valence electrons. The lowest BCUT2D eigenvalue weighted by Crippen LogP contribution is -2.05. The summed E-state index contributed by atoms with van der Waals surface area (Å²) in [6.07, 6.45) is 0.853. The van der Waals surface area contributed by atoms with Gasteiger partial charge in [-0.3, -0.25) is 0 Å². The van der Waals surface area contributed by atoms with E-state index in [1.54, 1.807) is 0 Å². The molecule has 0 radical (unpaired) electrons.